The number of nitrogens with zero attached hydrogens (tertiary/aromatic N) is 1. The van der Waals surface area contributed by atoms with E-state index < -0.39 is 15.1 Å². The maximum absolute atomic E-state index is 13.3. The lowest BCUT2D eigenvalue weighted by Crippen LogP contribution is -2.32. The van der Waals surface area contributed by atoms with Crippen molar-refractivity contribution >= 4 is 15.7 Å². The summed E-state index contributed by atoms with van der Waals surface area (Å²) < 4.78 is 37.0. The lowest BCUT2D eigenvalue weighted by atomic mass is 10.2. The van der Waals surface area contributed by atoms with E-state index in [2.05, 4.69) is 10.3 Å². The number of carbonyl (C=O) groups excluding carboxylic acids is 1. The van der Waals surface area contributed by atoms with Gasteiger partial charge < -0.3 is 14.8 Å². The van der Waals surface area contributed by atoms with Gasteiger partial charge in [0.1, 0.15) is 5.25 Å². The molecule has 1 amide bonds. The van der Waals surface area contributed by atoms with Crippen molar-refractivity contribution in [2.75, 3.05) is 13.3 Å². The van der Waals surface area contributed by atoms with Crippen LogP contribution in [0.4, 0.5) is 0 Å². The van der Waals surface area contributed by atoms with Crippen molar-refractivity contribution in [2.45, 2.75) is 23.0 Å². The van der Waals surface area contributed by atoms with Crippen molar-refractivity contribution in [3.63, 3.8) is 0 Å². The van der Waals surface area contributed by atoms with Gasteiger partial charge >= 0.3 is 0 Å². The quantitative estimate of drug-likeness (QED) is 0.829. The lowest BCUT2D eigenvalue weighted by Gasteiger charge is -2.19. The number of ether oxygens (including phenoxy) is 2. The molecule has 2 aromatic rings. The molecule has 1 saturated carbocycles. The third-order valence-corrected chi connectivity index (χ3v) is 6.61. The van der Waals surface area contributed by atoms with Gasteiger partial charge in [0, 0.05) is 30.9 Å². The molecular weight excluding hydrogens is 356 g/mol. The van der Waals surface area contributed by atoms with Crippen LogP contribution in [0.15, 0.2) is 47.6 Å². The maximum Gasteiger partial charge on any atom is 0.231 e. The number of benzene rings is 1. The van der Waals surface area contributed by atoms with E-state index in [4.69, 9.17) is 9.47 Å². The topological polar surface area (TPSA) is 94.6 Å². The Morgan fingerprint density at radius 3 is 2.77 bits per heavy atom. The summed E-state index contributed by atoms with van der Waals surface area (Å²) in [5.74, 6) is 0.833. The molecule has 0 spiro atoms. The van der Waals surface area contributed by atoms with Gasteiger partial charge in [-0.3, -0.25) is 9.78 Å². The number of amides is 1. The molecule has 4 rings (SSSR count). The Labute approximate surface area is 151 Å². The molecular formula is C18H18N2O5S. The number of carbonyl (C=O) groups is 1. The third-order valence-electron chi connectivity index (χ3n) is 4.51. The van der Waals surface area contributed by atoms with E-state index in [1.807, 2.05) is 0 Å². The molecule has 8 heteroatoms. The van der Waals surface area contributed by atoms with E-state index in [9.17, 15) is 13.2 Å². The molecule has 1 aromatic carbocycles. The fourth-order valence-corrected chi connectivity index (χ4v) is 4.53. The van der Waals surface area contributed by atoms with Crippen molar-refractivity contribution in [1.29, 1.82) is 0 Å². The molecule has 0 bridgehead atoms. The molecule has 0 unspecified atom stereocenters. The zero-order valence-corrected chi connectivity index (χ0v) is 14.7. The third kappa shape index (κ3) is 3.24. The molecule has 7 nitrogen and oxygen atoms in total. The van der Waals surface area contributed by atoms with E-state index in [1.165, 1.54) is 18.3 Å². The van der Waals surface area contributed by atoms with E-state index in [1.54, 1.807) is 24.4 Å². The minimum Gasteiger partial charge on any atom is -0.454 e. The van der Waals surface area contributed by atoms with Crippen LogP contribution in [0.25, 0.3) is 0 Å². The molecule has 0 radical (unpaired) electrons. The summed E-state index contributed by atoms with van der Waals surface area (Å²) >= 11 is 0. The van der Waals surface area contributed by atoms with Crippen LogP contribution in [-0.4, -0.2) is 32.6 Å². The first kappa shape index (κ1) is 16.8. The van der Waals surface area contributed by atoms with Gasteiger partial charge in [-0.1, -0.05) is 6.07 Å². The monoisotopic (exact) mass is 374 g/mol. The summed E-state index contributed by atoms with van der Waals surface area (Å²) in [6.45, 7) is 0.0696. The Bertz CT molecular complexity index is 926. The van der Waals surface area contributed by atoms with Crippen molar-refractivity contribution in [2.24, 2.45) is 5.92 Å². The van der Waals surface area contributed by atoms with E-state index in [0.717, 1.165) is 12.8 Å². The predicted molar refractivity (Wildman–Crippen MR) is 92.5 cm³/mol. The summed E-state index contributed by atoms with van der Waals surface area (Å²) in [5, 5.41) is 1.84. The number of fused-ring (bicyclic) bond motifs is 1. The Kier molecular flexibility index (Phi) is 4.28. The van der Waals surface area contributed by atoms with Crippen molar-refractivity contribution < 1.29 is 22.7 Å². The van der Waals surface area contributed by atoms with Crippen LogP contribution in [0, 0.1) is 5.92 Å². The predicted octanol–water partition coefficient (Wildman–Crippen LogP) is 1.85. The van der Waals surface area contributed by atoms with Gasteiger partial charge in [0.2, 0.25) is 12.7 Å². The fraction of sp³-hybridized carbons (Fsp3) is 0.333. The van der Waals surface area contributed by atoms with Crippen LogP contribution < -0.4 is 14.8 Å². The number of hydrogen-bond donors (Lipinski definition) is 1. The Hall–Kier alpha value is -2.61. The molecule has 1 fully saturated rings. The van der Waals surface area contributed by atoms with Crippen LogP contribution in [0.1, 0.15) is 23.7 Å². The van der Waals surface area contributed by atoms with Crippen LogP contribution in [0.5, 0.6) is 11.5 Å². The second kappa shape index (κ2) is 6.60. The van der Waals surface area contributed by atoms with Gasteiger partial charge in [0.25, 0.3) is 0 Å². The second-order valence-electron chi connectivity index (χ2n) is 6.35. The van der Waals surface area contributed by atoms with Crippen LogP contribution in [-0.2, 0) is 14.6 Å². The van der Waals surface area contributed by atoms with Gasteiger partial charge in [-0.15, -0.1) is 0 Å². The van der Waals surface area contributed by atoms with Crippen LogP contribution in [0.3, 0.4) is 0 Å². The average Bonchev–Trinajstić information content (AvgIpc) is 3.39. The van der Waals surface area contributed by atoms with Gasteiger partial charge in [0.05, 0.1) is 4.90 Å². The molecule has 1 aliphatic carbocycles. The number of sulfone groups is 1. The van der Waals surface area contributed by atoms with Crippen LogP contribution >= 0.6 is 0 Å². The number of nitrogens with one attached hydrogen (secondary N) is 1. The van der Waals surface area contributed by atoms with E-state index in [-0.39, 0.29) is 30.1 Å². The minimum atomic E-state index is -3.77. The highest BCUT2D eigenvalue weighted by Crippen LogP contribution is 2.37. The SMILES string of the molecule is O=C(NC[C@@H](c1cccnc1)S(=O)(=O)c1ccc2c(c1)OCO2)C1CC1. The highest BCUT2D eigenvalue weighted by Gasteiger charge is 2.34. The minimum absolute atomic E-state index is 0.00218. The largest absolute Gasteiger partial charge is 0.454 e. The van der Waals surface area contributed by atoms with Crippen molar-refractivity contribution in [1.82, 2.24) is 10.3 Å². The maximum atomic E-state index is 13.3. The Balaban J connectivity index is 1.66. The molecule has 1 aliphatic heterocycles. The molecule has 136 valence electrons. The highest BCUT2D eigenvalue weighted by atomic mass is 32.2. The smallest absolute Gasteiger partial charge is 0.231 e. The molecule has 26 heavy (non-hydrogen) atoms. The standard InChI is InChI=1S/C18H18N2O5S/c21-18(12-3-4-12)20-10-17(13-2-1-7-19-9-13)26(22,23)14-5-6-15-16(8-14)25-11-24-15/h1-2,5-9,12,17H,3-4,10-11H2,(H,20,21)/t17-/m0/s1. The fourth-order valence-electron chi connectivity index (χ4n) is 2.87. The van der Waals surface area contributed by atoms with E-state index >= 15 is 0 Å². The number of hydrogen-bond acceptors (Lipinski definition) is 6. The number of pyridine rings is 1. The number of aromatic nitrogens is 1. The molecule has 2 aliphatic rings. The molecule has 1 atom stereocenters. The molecule has 2 heterocycles. The van der Waals surface area contributed by atoms with Crippen LogP contribution in [0.2, 0.25) is 0 Å². The number of rotatable bonds is 6. The summed E-state index contributed by atoms with van der Waals surface area (Å²) in [4.78, 5) is 16.1. The highest BCUT2D eigenvalue weighted by molar-refractivity contribution is 7.91. The Morgan fingerprint density at radius 1 is 1.23 bits per heavy atom. The van der Waals surface area contributed by atoms with Gasteiger partial charge in [-0.2, -0.15) is 0 Å². The van der Waals surface area contributed by atoms with Crippen molar-refractivity contribution in [3.05, 3.63) is 48.3 Å². The summed E-state index contributed by atoms with van der Waals surface area (Å²) in [6, 6.07) is 7.92. The first-order chi connectivity index (χ1) is 12.6. The molecule has 1 N–H and O–H groups in total. The zero-order chi connectivity index (χ0) is 18.1. The lowest BCUT2D eigenvalue weighted by molar-refractivity contribution is -0.122. The average molecular weight is 374 g/mol. The first-order valence-electron chi connectivity index (χ1n) is 8.37. The van der Waals surface area contributed by atoms with Crippen molar-refractivity contribution in [3.8, 4) is 11.5 Å². The van der Waals surface area contributed by atoms with Gasteiger partial charge in [-0.25, -0.2) is 8.42 Å². The van der Waals surface area contributed by atoms with Gasteiger partial charge in [-0.05, 0) is 36.6 Å². The van der Waals surface area contributed by atoms with E-state index in [0.29, 0.717) is 17.1 Å². The van der Waals surface area contributed by atoms with Gasteiger partial charge in [0.15, 0.2) is 21.3 Å². The first-order valence-corrected chi connectivity index (χ1v) is 9.91. The summed E-state index contributed by atoms with van der Waals surface area (Å²) in [7, 11) is -3.77. The molecule has 1 aromatic heterocycles. The summed E-state index contributed by atoms with van der Waals surface area (Å²) in [5.41, 5.74) is 0.529. The Morgan fingerprint density at radius 2 is 2.04 bits per heavy atom. The second-order valence-corrected chi connectivity index (χ2v) is 8.48. The zero-order valence-electron chi connectivity index (χ0n) is 13.9. The molecule has 0 saturated heterocycles. The summed E-state index contributed by atoms with van der Waals surface area (Å²) in [6.07, 6.45) is 4.81. The normalized spacial score (nSPS) is 16.9.